The van der Waals surface area contributed by atoms with E-state index >= 15 is 0 Å². The standard InChI is InChI=1S/C29H26F3N5O4/c30-29(31,32)25-24(35-27(41-25)20-4-2-1-3-5-20)26(38)34-22-10-11-23(33-18-22)37-16-14-36(15-17-37)13-12-19-6-8-21(9-7-19)28(39)40/h1-11,18H,12-17H2,(H,34,38)(H,39,40). The van der Waals surface area contributed by atoms with Gasteiger partial charge in [-0.2, -0.15) is 13.2 Å². The Morgan fingerprint density at radius 3 is 2.27 bits per heavy atom. The van der Waals surface area contributed by atoms with E-state index < -0.39 is 29.5 Å². The van der Waals surface area contributed by atoms with Crippen molar-refractivity contribution in [1.29, 1.82) is 0 Å². The molecule has 1 amide bonds. The number of benzene rings is 2. The maximum absolute atomic E-state index is 13.6. The first-order chi connectivity index (χ1) is 19.7. The molecule has 0 aliphatic carbocycles. The molecule has 2 N–H and O–H groups in total. The first-order valence-electron chi connectivity index (χ1n) is 12.9. The first kappa shape index (κ1) is 27.8. The number of rotatable bonds is 8. The minimum atomic E-state index is -4.90. The van der Waals surface area contributed by atoms with Gasteiger partial charge in [0.2, 0.25) is 11.7 Å². The van der Waals surface area contributed by atoms with E-state index in [1.165, 1.54) is 18.3 Å². The number of aromatic carboxylic acids is 1. The van der Waals surface area contributed by atoms with Crippen molar-refractivity contribution >= 4 is 23.4 Å². The van der Waals surface area contributed by atoms with E-state index in [4.69, 9.17) is 9.52 Å². The molecule has 1 aliphatic heterocycles. The van der Waals surface area contributed by atoms with Crippen LogP contribution in [0.1, 0.15) is 32.2 Å². The van der Waals surface area contributed by atoms with Gasteiger partial charge in [-0.05, 0) is 48.4 Å². The number of amides is 1. The summed E-state index contributed by atoms with van der Waals surface area (Å²) in [6, 6.07) is 18.2. The van der Waals surface area contributed by atoms with Gasteiger partial charge in [0.1, 0.15) is 5.82 Å². The van der Waals surface area contributed by atoms with Gasteiger partial charge < -0.3 is 19.7 Å². The average molecular weight is 566 g/mol. The number of aromatic nitrogens is 2. The molecule has 12 heteroatoms. The van der Waals surface area contributed by atoms with Gasteiger partial charge in [0.05, 0.1) is 17.4 Å². The normalized spacial score (nSPS) is 14.2. The highest BCUT2D eigenvalue weighted by molar-refractivity contribution is 6.04. The second-order valence-corrected chi connectivity index (χ2v) is 9.50. The van der Waals surface area contributed by atoms with E-state index in [0.29, 0.717) is 11.4 Å². The average Bonchev–Trinajstić information content (AvgIpc) is 3.44. The molecule has 1 aliphatic rings. The lowest BCUT2D eigenvalue weighted by atomic mass is 10.1. The summed E-state index contributed by atoms with van der Waals surface area (Å²) in [5, 5.41) is 11.5. The summed E-state index contributed by atoms with van der Waals surface area (Å²) in [5.41, 5.74) is 1.03. The summed E-state index contributed by atoms with van der Waals surface area (Å²) in [5.74, 6) is -3.07. The predicted octanol–water partition coefficient (Wildman–Crippen LogP) is 5.07. The summed E-state index contributed by atoms with van der Waals surface area (Å²) in [6.07, 6.45) is -2.70. The van der Waals surface area contributed by atoms with E-state index in [-0.39, 0.29) is 17.1 Å². The number of oxazole rings is 1. The van der Waals surface area contributed by atoms with Crippen molar-refractivity contribution in [2.45, 2.75) is 12.6 Å². The molecule has 2 aromatic heterocycles. The van der Waals surface area contributed by atoms with Crippen molar-refractivity contribution < 1.29 is 32.3 Å². The third kappa shape index (κ3) is 6.72. The van der Waals surface area contributed by atoms with Crippen LogP contribution in [0.2, 0.25) is 0 Å². The van der Waals surface area contributed by atoms with Crippen LogP contribution in [-0.4, -0.2) is 64.6 Å². The van der Waals surface area contributed by atoms with Gasteiger partial charge in [0.25, 0.3) is 5.91 Å². The van der Waals surface area contributed by atoms with Gasteiger partial charge in [-0.15, -0.1) is 0 Å². The molecule has 0 unspecified atom stereocenters. The molecular formula is C29H26F3N5O4. The summed E-state index contributed by atoms with van der Waals surface area (Å²) in [6.45, 7) is 3.92. The van der Waals surface area contributed by atoms with Crippen LogP contribution in [0.4, 0.5) is 24.7 Å². The quantitative estimate of drug-likeness (QED) is 0.305. The fourth-order valence-corrected chi connectivity index (χ4v) is 4.51. The SMILES string of the molecule is O=C(O)c1ccc(CCN2CCN(c3ccc(NC(=O)c4nc(-c5ccccc5)oc4C(F)(F)F)cn3)CC2)cc1. The molecular weight excluding hydrogens is 539 g/mol. The summed E-state index contributed by atoms with van der Waals surface area (Å²) in [7, 11) is 0. The molecule has 2 aromatic carbocycles. The van der Waals surface area contributed by atoms with Gasteiger partial charge in [-0.25, -0.2) is 14.8 Å². The molecule has 0 bridgehead atoms. The van der Waals surface area contributed by atoms with Gasteiger partial charge in [-0.3, -0.25) is 9.69 Å². The van der Waals surface area contributed by atoms with Crippen molar-refractivity contribution in [2.24, 2.45) is 0 Å². The Morgan fingerprint density at radius 1 is 0.951 bits per heavy atom. The third-order valence-corrected chi connectivity index (χ3v) is 6.74. The lowest BCUT2D eigenvalue weighted by Gasteiger charge is -2.35. The maximum Gasteiger partial charge on any atom is 0.452 e. The number of anilines is 2. The Balaban J connectivity index is 1.16. The van der Waals surface area contributed by atoms with Crippen LogP contribution >= 0.6 is 0 Å². The van der Waals surface area contributed by atoms with E-state index in [1.54, 1.807) is 42.5 Å². The highest BCUT2D eigenvalue weighted by Gasteiger charge is 2.42. The van der Waals surface area contributed by atoms with Gasteiger partial charge >= 0.3 is 12.1 Å². The number of hydrogen-bond donors (Lipinski definition) is 2. The molecule has 1 saturated heterocycles. The number of alkyl halides is 3. The smallest absolute Gasteiger partial charge is 0.452 e. The Labute approximate surface area is 233 Å². The number of piperazine rings is 1. The van der Waals surface area contributed by atoms with Gasteiger partial charge in [0, 0.05) is 38.3 Å². The molecule has 9 nitrogen and oxygen atoms in total. The maximum atomic E-state index is 13.6. The molecule has 0 radical (unpaired) electrons. The predicted molar refractivity (Wildman–Crippen MR) is 145 cm³/mol. The number of nitrogens with zero attached hydrogens (tertiary/aromatic N) is 4. The molecule has 0 atom stereocenters. The minimum absolute atomic E-state index is 0.226. The van der Waals surface area contributed by atoms with Gasteiger partial charge in [0.15, 0.2) is 5.69 Å². The van der Waals surface area contributed by atoms with E-state index in [9.17, 15) is 22.8 Å². The van der Waals surface area contributed by atoms with Crippen LogP contribution in [0.15, 0.2) is 77.3 Å². The Morgan fingerprint density at radius 2 is 1.66 bits per heavy atom. The molecule has 1 fully saturated rings. The van der Waals surface area contributed by atoms with Crippen LogP contribution < -0.4 is 10.2 Å². The number of nitrogens with one attached hydrogen (secondary N) is 1. The number of carboxylic acids is 1. The number of carbonyl (C=O) groups excluding carboxylic acids is 1. The van der Waals surface area contributed by atoms with Crippen LogP contribution in [-0.2, 0) is 12.6 Å². The zero-order valence-electron chi connectivity index (χ0n) is 21.8. The summed E-state index contributed by atoms with van der Waals surface area (Å²) >= 11 is 0. The summed E-state index contributed by atoms with van der Waals surface area (Å²) in [4.78, 5) is 36.4. The Hall–Kier alpha value is -4.71. The Kier molecular flexibility index (Phi) is 8.02. The first-order valence-corrected chi connectivity index (χ1v) is 12.9. The molecule has 4 aromatic rings. The fraction of sp³-hybridized carbons (Fsp3) is 0.241. The Bertz CT molecular complexity index is 1500. The van der Waals surface area contributed by atoms with Crippen LogP contribution in [0, 0.1) is 0 Å². The lowest BCUT2D eigenvalue weighted by molar-refractivity contribution is -0.153. The van der Waals surface area contributed by atoms with E-state index in [1.807, 2.05) is 12.1 Å². The third-order valence-electron chi connectivity index (χ3n) is 6.74. The summed E-state index contributed by atoms with van der Waals surface area (Å²) < 4.78 is 45.7. The van der Waals surface area contributed by atoms with Crippen molar-refractivity contribution in [2.75, 3.05) is 42.9 Å². The van der Waals surface area contributed by atoms with Crippen LogP contribution in [0.3, 0.4) is 0 Å². The molecule has 0 spiro atoms. The molecule has 0 saturated carbocycles. The number of carboxylic acid groups (broad SMARTS) is 1. The van der Waals surface area contributed by atoms with E-state index in [0.717, 1.165) is 44.7 Å². The van der Waals surface area contributed by atoms with Gasteiger partial charge in [-0.1, -0.05) is 30.3 Å². The van der Waals surface area contributed by atoms with Crippen molar-refractivity contribution in [3.8, 4) is 11.5 Å². The zero-order valence-corrected chi connectivity index (χ0v) is 21.8. The van der Waals surface area contributed by atoms with Crippen molar-refractivity contribution in [3.63, 3.8) is 0 Å². The van der Waals surface area contributed by atoms with Crippen LogP contribution in [0.25, 0.3) is 11.5 Å². The lowest BCUT2D eigenvalue weighted by Crippen LogP contribution is -2.47. The van der Waals surface area contributed by atoms with Crippen LogP contribution in [0.5, 0.6) is 0 Å². The monoisotopic (exact) mass is 565 g/mol. The molecule has 41 heavy (non-hydrogen) atoms. The zero-order chi connectivity index (χ0) is 29.0. The largest absolute Gasteiger partial charge is 0.478 e. The minimum Gasteiger partial charge on any atom is -0.478 e. The number of pyridine rings is 1. The second kappa shape index (κ2) is 11.8. The van der Waals surface area contributed by atoms with E-state index in [2.05, 4.69) is 25.1 Å². The number of hydrogen-bond acceptors (Lipinski definition) is 7. The molecule has 3 heterocycles. The molecule has 212 valence electrons. The molecule has 5 rings (SSSR count). The van der Waals surface area contributed by atoms with Crippen molar-refractivity contribution in [1.82, 2.24) is 14.9 Å². The highest BCUT2D eigenvalue weighted by Crippen LogP contribution is 2.35. The number of carbonyl (C=O) groups is 2. The topological polar surface area (TPSA) is 112 Å². The highest BCUT2D eigenvalue weighted by atomic mass is 19.4. The van der Waals surface area contributed by atoms with Crippen molar-refractivity contribution in [3.05, 3.63) is 95.5 Å². The fourth-order valence-electron chi connectivity index (χ4n) is 4.51. The number of halogens is 3. The second-order valence-electron chi connectivity index (χ2n) is 9.50.